The van der Waals surface area contributed by atoms with Gasteiger partial charge < -0.3 is 5.32 Å². The molecular formula is C17H15F3N2OS. The summed E-state index contributed by atoms with van der Waals surface area (Å²) in [6.45, 7) is 5.84. The van der Waals surface area contributed by atoms with Crippen LogP contribution >= 0.6 is 11.8 Å². The van der Waals surface area contributed by atoms with Crippen LogP contribution in [0.25, 0.3) is 0 Å². The first-order chi connectivity index (χ1) is 11.1. The summed E-state index contributed by atoms with van der Waals surface area (Å²) in [5.74, 6) is -0.941. The summed E-state index contributed by atoms with van der Waals surface area (Å²) in [4.78, 5) is 12.5. The molecular weight excluding hydrogens is 337 g/mol. The number of benzene rings is 1. The van der Waals surface area contributed by atoms with Crippen LogP contribution in [-0.4, -0.2) is 5.78 Å². The van der Waals surface area contributed by atoms with E-state index in [-0.39, 0.29) is 16.0 Å². The summed E-state index contributed by atoms with van der Waals surface area (Å²) >= 11 is 1.13. The fourth-order valence-corrected chi connectivity index (χ4v) is 3.13. The van der Waals surface area contributed by atoms with Gasteiger partial charge in [-0.25, -0.2) is 0 Å². The molecule has 1 aliphatic heterocycles. The maximum Gasteiger partial charge on any atom is 0.417 e. The van der Waals surface area contributed by atoms with Crippen LogP contribution in [0.15, 0.2) is 46.0 Å². The minimum absolute atomic E-state index is 0.234. The van der Waals surface area contributed by atoms with Gasteiger partial charge in [-0.15, -0.1) is 0 Å². The van der Waals surface area contributed by atoms with Crippen LogP contribution in [0.5, 0.6) is 0 Å². The van der Waals surface area contributed by atoms with Crippen molar-refractivity contribution in [2.24, 2.45) is 5.41 Å². The fraction of sp³-hybridized carbons (Fsp3) is 0.294. The lowest BCUT2D eigenvalue weighted by atomic mass is 9.93. The summed E-state index contributed by atoms with van der Waals surface area (Å²) in [6, 6.07) is 6.21. The van der Waals surface area contributed by atoms with Crippen LogP contribution in [0.2, 0.25) is 0 Å². The number of nitrogens with zero attached hydrogens (tertiary/aromatic N) is 1. The molecule has 0 aliphatic carbocycles. The van der Waals surface area contributed by atoms with Crippen LogP contribution in [0.4, 0.5) is 13.2 Å². The molecule has 1 heterocycles. The Morgan fingerprint density at radius 3 is 2.33 bits per heavy atom. The summed E-state index contributed by atoms with van der Waals surface area (Å²) < 4.78 is 39.3. The fourth-order valence-electron chi connectivity index (χ4n) is 2.05. The predicted molar refractivity (Wildman–Crippen MR) is 86.7 cm³/mol. The molecule has 0 saturated heterocycles. The zero-order valence-electron chi connectivity index (χ0n) is 13.3. The Morgan fingerprint density at radius 1 is 1.21 bits per heavy atom. The van der Waals surface area contributed by atoms with Crippen LogP contribution in [0.1, 0.15) is 36.7 Å². The number of hydrogen-bond donors (Lipinski definition) is 1. The van der Waals surface area contributed by atoms with Crippen molar-refractivity contribution in [2.75, 3.05) is 0 Å². The largest absolute Gasteiger partial charge is 0.417 e. The van der Waals surface area contributed by atoms with Gasteiger partial charge in [0, 0.05) is 16.7 Å². The van der Waals surface area contributed by atoms with Crippen LogP contribution in [0, 0.1) is 16.7 Å². The number of nitriles is 1. The zero-order valence-corrected chi connectivity index (χ0v) is 14.1. The number of carbonyl (C=O) groups excluding carboxylic acids is 1. The van der Waals surface area contributed by atoms with Gasteiger partial charge in [0.2, 0.25) is 5.78 Å². The number of rotatable bonds is 2. The second-order valence-electron chi connectivity index (χ2n) is 6.21. The molecule has 7 heteroatoms. The average molecular weight is 352 g/mol. The van der Waals surface area contributed by atoms with Crippen molar-refractivity contribution < 1.29 is 18.0 Å². The Labute approximate surface area is 142 Å². The number of carbonyl (C=O) groups is 1. The number of hydrogen-bond acceptors (Lipinski definition) is 4. The van der Waals surface area contributed by atoms with E-state index in [0.717, 1.165) is 29.6 Å². The van der Waals surface area contributed by atoms with Gasteiger partial charge in [-0.2, -0.15) is 18.4 Å². The summed E-state index contributed by atoms with van der Waals surface area (Å²) in [5.41, 5.74) is -1.34. The van der Waals surface area contributed by atoms with Gasteiger partial charge >= 0.3 is 6.18 Å². The van der Waals surface area contributed by atoms with Crippen molar-refractivity contribution in [3.05, 3.63) is 57.1 Å². The van der Waals surface area contributed by atoms with Crippen LogP contribution < -0.4 is 5.32 Å². The number of allylic oxidation sites excluding steroid dienone is 2. The van der Waals surface area contributed by atoms with E-state index in [9.17, 15) is 23.2 Å². The van der Waals surface area contributed by atoms with E-state index in [4.69, 9.17) is 0 Å². The molecule has 3 nitrogen and oxygen atoms in total. The lowest BCUT2D eigenvalue weighted by molar-refractivity contribution is -0.137. The highest BCUT2D eigenvalue weighted by molar-refractivity contribution is 8.06. The van der Waals surface area contributed by atoms with Crippen LogP contribution in [0.3, 0.4) is 0 Å². The molecule has 0 unspecified atom stereocenters. The standard InChI is InChI=1S/C17H15F3N2OS/c1-16(2,3)13-9-24-15(22-13)11(8-21)14(23)10-6-4-5-7-12(10)17(18,19)20/h4-7,9,22H,1-3H3/b15-11+. The van der Waals surface area contributed by atoms with Crippen LogP contribution in [-0.2, 0) is 6.18 Å². The second-order valence-corrected chi connectivity index (χ2v) is 7.09. The normalized spacial score (nSPS) is 17.0. The first kappa shape index (κ1) is 18.1. The van der Waals surface area contributed by atoms with Gasteiger partial charge in [0.1, 0.15) is 11.6 Å². The number of nitrogens with one attached hydrogen (secondary N) is 1. The molecule has 1 aliphatic rings. The van der Waals surface area contributed by atoms with Gasteiger partial charge in [-0.05, 0) is 11.5 Å². The average Bonchev–Trinajstić information content (AvgIpc) is 2.97. The Kier molecular flexibility index (Phi) is 4.81. The zero-order chi connectivity index (χ0) is 18.1. The van der Waals surface area contributed by atoms with Gasteiger partial charge in [-0.3, -0.25) is 4.79 Å². The lowest BCUT2D eigenvalue weighted by Gasteiger charge is -2.20. The number of ketones is 1. The summed E-state index contributed by atoms with van der Waals surface area (Å²) in [5, 5.41) is 14.3. The van der Waals surface area contributed by atoms with Gasteiger partial charge in [0.15, 0.2) is 0 Å². The Bertz CT molecular complexity index is 780. The lowest BCUT2D eigenvalue weighted by Crippen LogP contribution is -2.22. The SMILES string of the molecule is CC(C)(C)C1=CS/C(=C(\C#N)C(=O)c2ccccc2C(F)(F)F)N1. The molecule has 0 bridgehead atoms. The van der Waals surface area contributed by atoms with E-state index < -0.39 is 23.1 Å². The van der Waals surface area contributed by atoms with Crippen molar-refractivity contribution in [2.45, 2.75) is 26.9 Å². The van der Waals surface area contributed by atoms with Crippen molar-refractivity contribution in [1.82, 2.24) is 5.32 Å². The molecule has 0 radical (unpaired) electrons. The molecule has 1 N–H and O–H groups in total. The molecule has 2 rings (SSSR count). The molecule has 0 atom stereocenters. The minimum atomic E-state index is -4.66. The van der Waals surface area contributed by atoms with E-state index in [1.54, 1.807) is 11.5 Å². The van der Waals surface area contributed by atoms with Gasteiger partial charge in [0.25, 0.3) is 0 Å². The highest BCUT2D eigenvalue weighted by atomic mass is 32.2. The Hall–Kier alpha value is -2.20. The highest BCUT2D eigenvalue weighted by Gasteiger charge is 2.36. The minimum Gasteiger partial charge on any atom is -0.351 e. The molecule has 0 saturated carbocycles. The molecule has 0 amide bonds. The molecule has 24 heavy (non-hydrogen) atoms. The van der Waals surface area contributed by atoms with E-state index >= 15 is 0 Å². The predicted octanol–water partition coefficient (Wildman–Crippen LogP) is 4.85. The van der Waals surface area contributed by atoms with Crippen molar-refractivity contribution in [1.29, 1.82) is 5.26 Å². The topological polar surface area (TPSA) is 52.9 Å². The molecule has 0 aromatic heterocycles. The maximum atomic E-state index is 13.1. The van der Waals surface area contributed by atoms with Gasteiger partial charge in [0.05, 0.1) is 10.6 Å². The first-order valence-corrected chi connectivity index (χ1v) is 7.93. The monoisotopic (exact) mass is 352 g/mol. The Balaban J connectivity index is 2.44. The molecule has 0 spiro atoms. The third-order valence-electron chi connectivity index (χ3n) is 3.39. The third-order valence-corrected chi connectivity index (χ3v) is 4.29. The smallest absolute Gasteiger partial charge is 0.351 e. The third kappa shape index (κ3) is 3.65. The van der Waals surface area contributed by atoms with E-state index in [1.807, 2.05) is 20.8 Å². The van der Waals surface area contributed by atoms with E-state index in [2.05, 4.69) is 5.32 Å². The van der Waals surface area contributed by atoms with Crippen molar-refractivity contribution in [3.8, 4) is 6.07 Å². The van der Waals surface area contributed by atoms with Crippen molar-refractivity contribution >= 4 is 17.5 Å². The number of thioether (sulfide) groups is 1. The van der Waals surface area contributed by atoms with Gasteiger partial charge in [-0.1, -0.05) is 50.7 Å². The number of Topliss-reactive ketones (excluding diaryl/α,β-unsaturated/α-hetero) is 1. The van der Waals surface area contributed by atoms with Crippen molar-refractivity contribution in [3.63, 3.8) is 0 Å². The first-order valence-electron chi connectivity index (χ1n) is 7.05. The number of alkyl halides is 3. The highest BCUT2D eigenvalue weighted by Crippen LogP contribution is 2.37. The molecule has 1 aromatic carbocycles. The quantitative estimate of drug-likeness (QED) is 0.470. The van der Waals surface area contributed by atoms with E-state index in [0.29, 0.717) is 0 Å². The maximum absolute atomic E-state index is 13.1. The number of halogens is 3. The summed E-state index contributed by atoms with van der Waals surface area (Å²) in [6.07, 6.45) is -4.66. The Morgan fingerprint density at radius 2 is 1.83 bits per heavy atom. The molecule has 0 fully saturated rings. The molecule has 1 aromatic rings. The second kappa shape index (κ2) is 6.36. The summed E-state index contributed by atoms with van der Waals surface area (Å²) in [7, 11) is 0. The van der Waals surface area contributed by atoms with E-state index in [1.165, 1.54) is 12.1 Å². The molecule has 126 valence electrons.